The van der Waals surface area contributed by atoms with Crippen molar-refractivity contribution in [2.75, 3.05) is 5.01 Å². The van der Waals surface area contributed by atoms with Crippen molar-refractivity contribution < 1.29 is 9.72 Å². The quantitative estimate of drug-likeness (QED) is 0.400. The van der Waals surface area contributed by atoms with Crippen LogP contribution in [0.5, 0.6) is 0 Å². The Hall–Kier alpha value is -2.64. The lowest BCUT2D eigenvalue weighted by molar-refractivity contribution is -0.384. The fraction of sp³-hybridized carbons (Fsp3) is 0.0625. The van der Waals surface area contributed by atoms with Crippen molar-refractivity contribution in [3.05, 3.63) is 69.9 Å². The molecule has 0 saturated carbocycles. The van der Waals surface area contributed by atoms with Gasteiger partial charge in [-0.05, 0) is 35.7 Å². The summed E-state index contributed by atoms with van der Waals surface area (Å²) >= 11 is 1.41. The number of hydrogen-bond acceptors (Lipinski definition) is 6. The minimum Gasteiger partial charge on any atom is -0.293 e. The molecule has 0 aromatic heterocycles. The van der Waals surface area contributed by atoms with Gasteiger partial charge in [0.2, 0.25) is 0 Å². The first-order chi connectivity index (χ1) is 11.1. The van der Waals surface area contributed by atoms with E-state index in [-0.39, 0.29) is 11.5 Å². The molecule has 116 valence electrons. The summed E-state index contributed by atoms with van der Waals surface area (Å²) in [6.07, 6.45) is 1.64. The zero-order valence-corrected chi connectivity index (χ0v) is 13.0. The highest BCUT2D eigenvalue weighted by Crippen LogP contribution is 2.37. The van der Waals surface area contributed by atoms with Crippen LogP contribution in [0.1, 0.15) is 12.5 Å². The molecule has 2 aromatic carbocycles. The Morgan fingerprint density at radius 1 is 1.26 bits per heavy atom. The Labute approximate surface area is 137 Å². The highest BCUT2D eigenvalue weighted by molar-refractivity contribution is 7.98. The average Bonchev–Trinajstić information content (AvgIpc) is 2.96. The lowest BCUT2D eigenvalue weighted by Gasteiger charge is -2.19. The number of non-ortho nitro benzene ring substituents is 1. The molecule has 0 saturated heterocycles. The van der Waals surface area contributed by atoms with Crippen molar-refractivity contribution in [1.82, 2.24) is 4.83 Å². The predicted octanol–water partition coefficient (Wildman–Crippen LogP) is 3.56. The molecule has 0 radical (unpaired) electrons. The van der Waals surface area contributed by atoms with Gasteiger partial charge < -0.3 is 0 Å². The maximum atomic E-state index is 12.1. The molecular formula is C16H13N3O3S. The summed E-state index contributed by atoms with van der Waals surface area (Å²) < 4.78 is 0. The van der Waals surface area contributed by atoms with Crippen LogP contribution in [0, 0.1) is 10.1 Å². The molecule has 0 aliphatic carbocycles. The minimum atomic E-state index is -0.454. The summed E-state index contributed by atoms with van der Waals surface area (Å²) in [6, 6.07) is 13.9. The molecule has 1 N–H and O–H groups in total. The molecule has 0 bridgehead atoms. The second kappa shape index (κ2) is 6.23. The van der Waals surface area contributed by atoms with Gasteiger partial charge in [0.25, 0.3) is 5.69 Å². The third kappa shape index (κ3) is 3.10. The van der Waals surface area contributed by atoms with E-state index in [2.05, 4.69) is 4.83 Å². The van der Waals surface area contributed by atoms with Gasteiger partial charge >= 0.3 is 0 Å². The zero-order valence-electron chi connectivity index (χ0n) is 12.2. The van der Waals surface area contributed by atoms with Crippen LogP contribution in [0.2, 0.25) is 0 Å². The largest absolute Gasteiger partial charge is 0.293 e. The summed E-state index contributed by atoms with van der Waals surface area (Å²) in [5, 5.41) is 12.6. The summed E-state index contributed by atoms with van der Waals surface area (Å²) in [7, 11) is 0. The highest BCUT2D eigenvalue weighted by Gasteiger charge is 2.24. The van der Waals surface area contributed by atoms with E-state index in [1.54, 1.807) is 23.2 Å². The average molecular weight is 327 g/mol. The number of fused-ring (bicyclic) bond motifs is 1. The Kier molecular flexibility index (Phi) is 4.14. The predicted molar refractivity (Wildman–Crippen MR) is 89.7 cm³/mol. The SMILES string of the molecule is CC(=O)/C(=C\c1cccc([N+](=O)[O-])c1)N1NSc2ccccc21. The Morgan fingerprint density at radius 3 is 2.78 bits per heavy atom. The second-order valence-electron chi connectivity index (χ2n) is 4.93. The third-order valence-electron chi connectivity index (χ3n) is 3.34. The molecule has 0 fully saturated rings. The maximum absolute atomic E-state index is 12.1. The lowest BCUT2D eigenvalue weighted by atomic mass is 10.1. The van der Waals surface area contributed by atoms with Crippen molar-refractivity contribution in [2.24, 2.45) is 0 Å². The number of Topliss-reactive ketones (excluding diaryl/α,β-unsaturated/α-hetero) is 1. The number of hydrogen-bond donors (Lipinski definition) is 1. The Morgan fingerprint density at radius 2 is 2.04 bits per heavy atom. The number of anilines is 1. The Balaban J connectivity index is 2.02. The fourth-order valence-electron chi connectivity index (χ4n) is 2.26. The van der Waals surface area contributed by atoms with E-state index in [9.17, 15) is 14.9 Å². The van der Waals surface area contributed by atoms with Crippen LogP contribution in [0.25, 0.3) is 6.08 Å². The van der Waals surface area contributed by atoms with E-state index in [4.69, 9.17) is 0 Å². The first-order valence-corrected chi connectivity index (χ1v) is 7.66. The first kappa shape index (κ1) is 15.3. The van der Waals surface area contributed by atoms with Crippen molar-refractivity contribution in [3.63, 3.8) is 0 Å². The highest BCUT2D eigenvalue weighted by atomic mass is 32.2. The summed E-state index contributed by atoms with van der Waals surface area (Å²) in [5.74, 6) is -0.138. The molecule has 6 nitrogen and oxygen atoms in total. The molecule has 0 unspecified atom stereocenters. The first-order valence-electron chi connectivity index (χ1n) is 6.85. The van der Waals surface area contributed by atoms with E-state index in [0.29, 0.717) is 11.3 Å². The van der Waals surface area contributed by atoms with Gasteiger partial charge in [-0.2, -0.15) is 4.83 Å². The monoisotopic (exact) mass is 327 g/mol. The fourth-order valence-corrected chi connectivity index (χ4v) is 3.06. The number of benzene rings is 2. The minimum absolute atomic E-state index is 0.00851. The van der Waals surface area contributed by atoms with Gasteiger partial charge in [0.1, 0.15) is 5.70 Å². The number of nitro benzene ring substituents is 1. The lowest BCUT2D eigenvalue weighted by Crippen LogP contribution is -2.31. The molecule has 0 amide bonds. The number of nitrogens with one attached hydrogen (secondary N) is 1. The molecular weight excluding hydrogens is 314 g/mol. The molecule has 0 atom stereocenters. The number of nitrogens with zero attached hydrogens (tertiary/aromatic N) is 2. The number of nitro groups is 1. The van der Waals surface area contributed by atoms with Crippen LogP contribution in [0.15, 0.2) is 59.1 Å². The summed E-state index contributed by atoms with van der Waals surface area (Å²) in [4.78, 5) is 26.6. The van der Waals surface area contributed by atoms with E-state index in [1.165, 1.54) is 31.0 Å². The third-order valence-corrected chi connectivity index (χ3v) is 4.18. The van der Waals surface area contributed by atoms with Crippen LogP contribution in [0.4, 0.5) is 11.4 Å². The Bertz CT molecular complexity index is 820. The second-order valence-corrected chi connectivity index (χ2v) is 5.76. The van der Waals surface area contributed by atoms with Gasteiger partial charge in [0, 0.05) is 24.0 Å². The van der Waals surface area contributed by atoms with Gasteiger partial charge in [0.05, 0.1) is 10.6 Å². The van der Waals surface area contributed by atoms with Crippen molar-refractivity contribution >= 4 is 35.2 Å². The number of rotatable bonds is 4. The van der Waals surface area contributed by atoms with E-state index < -0.39 is 4.92 Å². The van der Waals surface area contributed by atoms with Gasteiger partial charge in [-0.15, -0.1) is 0 Å². The molecule has 7 heteroatoms. The number of allylic oxidation sites excluding steroid dienone is 1. The van der Waals surface area contributed by atoms with Crippen LogP contribution < -0.4 is 9.84 Å². The summed E-state index contributed by atoms with van der Waals surface area (Å²) in [5.41, 5.74) is 1.89. The van der Waals surface area contributed by atoms with E-state index >= 15 is 0 Å². The number of ketones is 1. The summed E-state index contributed by atoms with van der Waals surface area (Å²) in [6.45, 7) is 1.47. The van der Waals surface area contributed by atoms with Gasteiger partial charge in [-0.1, -0.05) is 24.3 Å². The smallest absolute Gasteiger partial charge is 0.270 e. The molecule has 23 heavy (non-hydrogen) atoms. The van der Waals surface area contributed by atoms with Crippen molar-refractivity contribution in [1.29, 1.82) is 0 Å². The van der Waals surface area contributed by atoms with Crippen LogP contribution in [-0.4, -0.2) is 10.7 Å². The van der Waals surface area contributed by atoms with Crippen LogP contribution in [0.3, 0.4) is 0 Å². The van der Waals surface area contributed by atoms with Crippen LogP contribution in [-0.2, 0) is 4.79 Å². The zero-order chi connectivity index (χ0) is 16.4. The molecule has 3 rings (SSSR count). The maximum Gasteiger partial charge on any atom is 0.270 e. The molecule has 1 aliphatic heterocycles. The van der Waals surface area contributed by atoms with Gasteiger partial charge in [0.15, 0.2) is 5.78 Å². The van der Waals surface area contributed by atoms with E-state index in [0.717, 1.165) is 10.6 Å². The molecule has 1 heterocycles. The number of hydrazine groups is 1. The van der Waals surface area contributed by atoms with Gasteiger partial charge in [-0.3, -0.25) is 19.9 Å². The van der Waals surface area contributed by atoms with E-state index in [1.807, 2.05) is 24.3 Å². The molecule has 0 spiro atoms. The van der Waals surface area contributed by atoms with Crippen LogP contribution >= 0.6 is 11.9 Å². The molecule has 2 aromatic rings. The number of carbonyl (C=O) groups excluding carboxylic acids is 1. The topological polar surface area (TPSA) is 75.5 Å². The molecule has 1 aliphatic rings. The number of para-hydroxylation sites is 1. The van der Waals surface area contributed by atoms with Crippen molar-refractivity contribution in [2.45, 2.75) is 11.8 Å². The van der Waals surface area contributed by atoms with Crippen molar-refractivity contribution in [3.8, 4) is 0 Å². The number of carbonyl (C=O) groups is 1. The standard InChI is InChI=1S/C16H13N3O3S/c1-11(20)15(10-12-5-4-6-13(9-12)19(21)22)18-14-7-2-3-8-16(14)23-17-18/h2-10,17H,1H3/b15-10+. The van der Waals surface area contributed by atoms with Gasteiger partial charge in [-0.25, -0.2) is 0 Å². The normalized spacial score (nSPS) is 13.8.